The molecule has 240 valence electrons. The third-order valence-electron chi connectivity index (χ3n) is 7.78. The number of halogens is 2. The number of carbonyl (C=O) groups excluding carboxylic acids is 1. The van der Waals surface area contributed by atoms with Crippen LogP contribution in [-0.2, 0) is 14.6 Å². The average Bonchev–Trinajstić information content (AvgIpc) is 3.75. The van der Waals surface area contributed by atoms with Gasteiger partial charge in [0.1, 0.15) is 11.9 Å². The van der Waals surface area contributed by atoms with Crippen LogP contribution < -0.4 is 15.0 Å². The van der Waals surface area contributed by atoms with Gasteiger partial charge in [-0.3, -0.25) is 4.79 Å². The Hall–Kier alpha value is -4.80. The summed E-state index contributed by atoms with van der Waals surface area (Å²) in [6, 6.07) is 23.1. The number of alkyl halides is 2. The van der Waals surface area contributed by atoms with Crippen LogP contribution >= 0.6 is 0 Å². The third kappa shape index (κ3) is 7.88. The van der Waals surface area contributed by atoms with Crippen molar-refractivity contribution in [3.63, 3.8) is 0 Å². The molecule has 0 spiro atoms. The van der Waals surface area contributed by atoms with Crippen LogP contribution in [-0.4, -0.2) is 61.8 Å². The van der Waals surface area contributed by atoms with E-state index in [1.54, 1.807) is 54.2 Å². The highest BCUT2D eigenvalue weighted by molar-refractivity contribution is 7.91. The number of sulfone groups is 1. The first-order valence-electron chi connectivity index (χ1n) is 14.7. The Morgan fingerprint density at radius 1 is 1.07 bits per heavy atom. The lowest BCUT2D eigenvalue weighted by molar-refractivity contribution is -0.131. The fraction of sp³-hybridized carbons (Fsp3) is 0.303. The minimum absolute atomic E-state index is 0.0172. The quantitative estimate of drug-likeness (QED) is 0.206. The van der Waals surface area contributed by atoms with Crippen molar-refractivity contribution in [3.8, 4) is 17.5 Å². The number of hydrogen-bond donors (Lipinski definition) is 1. The summed E-state index contributed by atoms with van der Waals surface area (Å²) in [4.78, 5) is 15.2. The summed E-state index contributed by atoms with van der Waals surface area (Å²) < 4.78 is 62.8. The van der Waals surface area contributed by atoms with E-state index in [2.05, 4.69) is 21.2 Å². The number of aromatic nitrogens is 2. The van der Waals surface area contributed by atoms with Crippen molar-refractivity contribution in [2.24, 2.45) is 0 Å². The number of nitrogens with zero attached hydrogens (tertiary/aromatic N) is 4. The largest absolute Gasteiger partial charge is 0.489 e. The van der Waals surface area contributed by atoms with Crippen LogP contribution in [0.15, 0.2) is 96.2 Å². The second-order valence-electron chi connectivity index (χ2n) is 10.7. The Morgan fingerprint density at radius 2 is 1.76 bits per heavy atom. The first-order chi connectivity index (χ1) is 22.2. The number of rotatable bonds is 13. The van der Waals surface area contributed by atoms with Crippen LogP contribution in [0.4, 0.5) is 14.5 Å². The van der Waals surface area contributed by atoms with Crippen molar-refractivity contribution in [2.75, 3.05) is 23.8 Å². The van der Waals surface area contributed by atoms with E-state index in [0.717, 1.165) is 5.69 Å². The number of benzene rings is 3. The Bertz CT molecular complexity index is 1740. The van der Waals surface area contributed by atoms with Crippen molar-refractivity contribution >= 4 is 21.4 Å². The highest BCUT2D eigenvalue weighted by atomic mass is 32.2. The molecule has 1 aliphatic rings. The molecule has 0 saturated carbocycles. The third-order valence-corrected chi connectivity index (χ3v) is 9.53. The van der Waals surface area contributed by atoms with E-state index in [1.807, 2.05) is 41.4 Å². The summed E-state index contributed by atoms with van der Waals surface area (Å²) in [5, 5.41) is 16.4. The molecular formula is C33H33F2N5O5S. The smallest absolute Gasteiger partial charge is 0.345 e. The van der Waals surface area contributed by atoms with Gasteiger partial charge in [-0.2, -0.15) is 19.1 Å². The SMILES string of the molecule is CCS(=O)(=O)c1ccc([C@H](CC#N)NC(=O)c2ccc(N3C[C@@H](Oc4ccc(-n5cccn5)cc4)CC3COC(F)F)cc2)cc1. The molecule has 10 nitrogen and oxygen atoms in total. The van der Waals surface area contributed by atoms with E-state index in [9.17, 15) is 27.3 Å². The zero-order valence-corrected chi connectivity index (χ0v) is 25.8. The van der Waals surface area contributed by atoms with Crippen LogP contribution in [0.5, 0.6) is 5.75 Å². The van der Waals surface area contributed by atoms with Gasteiger partial charge < -0.3 is 19.7 Å². The molecule has 1 saturated heterocycles. The summed E-state index contributed by atoms with van der Waals surface area (Å²) in [7, 11) is -3.38. The number of hydrogen-bond acceptors (Lipinski definition) is 8. The van der Waals surface area contributed by atoms with Gasteiger partial charge in [0.05, 0.1) is 54.1 Å². The van der Waals surface area contributed by atoms with Gasteiger partial charge in [-0.05, 0) is 72.3 Å². The molecule has 3 atom stereocenters. The summed E-state index contributed by atoms with van der Waals surface area (Å²) in [6.45, 7) is -1.13. The number of nitriles is 1. The lowest BCUT2D eigenvalue weighted by Crippen LogP contribution is -2.34. The Kier molecular flexibility index (Phi) is 10.3. The van der Waals surface area contributed by atoms with Crippen molar-refractivity contribution in [2.45, 2.75) is 49.5 Å². The van der Waals surface area contributed by atoms with E-state index in [1.165, 1.54) is 12.1 Å². The zero-order chi connectivity index (χ0) is 32.7. The van der Waals surface area contributed by atoms with Crippen molar-refractivity contribution in [1.82, 2.24) is 15.1 Å². The molecule has 1 aliphatic heterocycles. The molecule has 1 unspecified atom stereocenters. The normalized spacial score (nSPS) is 17.1. The van der Waals surface area contributed by atoms with E-state index < -0.39 is 28.4 Å². The van der Waals surface area contributed by atoms with Crippen molar-refractivity contribution in [1.29, 1.82) is 5.26 Å². The lowest BCUT2D eigenvalue weighted by atomic mass is 10.0. The average molecular weight is 650 g/mol. The van der Waals surface area contributed by atoms with Crippen LogP contribution in [0.25, 0.3) is 5.69 Å². The molecule has 4 aromatic rings. The molecule has 46 heavy (non-hydrogen) atoms. The first kappa shape index (κ1) is 32.6. The molecular weight excluding hydrogens is 616 g/mol. The first-order valence-corrected chi connectivity index (χ1v) is 16.4. The summed E-state index contributed by atoms with van der Waals surface area (Å²) >= 11 is 0. The van der Waals surface area contributed by atoms with Gasteiger partial charge in [-0.1, -0.05) is 19.1 Å². The summed E-state index contributed by atoms with van der Waals surface area (Å²) in [5.41, 5.74) is 2.52. The molecule has 1 fully saturated rings. The highest BCUT2D eigenvalue weighted by Gasteiger charge is 2.34. The maximum absolute atomic E-state index is 13.1. The zero-order valence-electron chi connectivity index (χ0n) is 25.0. The molecule has 13 heteroatoms. The lowest BCUT2D eigenvalue weighted by Gasteiger charge is -2.26. The molecule has 1 amide bonds. The second-order valence-corrected chi connectivity index (χ2v) is 13.0. The molecule has 5 rings (SSSR count). The minimum Gasteiger partial charge on any atom is -0.489 e. The minimum atomic E-state index is -3.38. The Balaban J connectivity index is 1.26. The van der Waals surface area contributed by atoms with Crippen LogP contribution in [0.3, 0.4) is 0 Å². The van der Waals surface area contributed by atoms with E-state index in [0.29, 0.717) is 35.5 Å². The number of ether oxygens (including phenoxy) is 2. The molecule has 3 aromatic carbocycles. The molecule has 0 aliphatic carbocycles. The standard InChI is InChI=1S/C33H33F2N5O5S/c1-2-46(42,43)30-14-6-23(7-15-30)31(16-17-36)38-32(41)24-4-8-25(9-5-24)39-21-29(20-27(39)22-44-33(34)35)45-28-12-10-26(11-13-28)40-19-3-18-37-40/h3-15,18-19,27,29,31,33H,2,16,20-22H2,1H3,(H,38,41)/t27?,29-,31-/m0/s1. The number of nitrogens with one attached hydrogen (secondary N) is 1. The van der Waals surface area contributed by atoms with E-state index in [4.69, 9.17) is 4.74 Å². The Labute approximate surface area is 266 Å². The molecule has 0 radical (unpaired) electrons. The van der Waals surface area contributed by atoms with Gasteiger partial charge in [-0.15, -0.1) is 0 Å². The molecule has 1 N–H and O–H groups in total. The van der Waals surface area contributed by atoms with Crippen LogP contribution in [0.1, 0.15) is 41.7 Å². The molecule has 2 heterocycles. The van der Waals surface area contributed by atoms with Gasteiger partial charge >= 0.3 is 6.61 Å². The fourth-order valence-electron chi connectivity index (χ4n) is 5.37. The predicted octanol–water partition coefficient (Wildman–Crippen LogP) is 5.32. The van der Waals surface area contributed by atoms with Crippen LogP contribution in [0, 0.1) is 11.3 Å². The topological polar surface area (TPSA) is 127 Å². The maximum atomic E-state index is 13.1. The van der Waals surface area contributed by atoms with Gasteiger partial charge in [0.15, 0.2) is 9.84 Å². The van der Waals surface area contributed by atoms with Gasteiger partial charge in [0.25, 0.3) is 5.91 Å². The van der Waals surface area contributed by atoms with Gasteiger partial charge in [-0.25, -0.2) is 13.1 Å². The Morgan fingerprint density at radius 3 is 2.37 bits per heavy atom. The van der Waals surface area contributed by atoms with E-state index in [-0.39, 0.29) is 35.8 Å². The van der Waals surface area contributed by atoms with E-state index >= 15 is 0 Å². The number of anilines is 1. The number of amides is 1. The summed E-state index contributed by atoms with van der Waals surface area (Å²) in [5.74, 6) is 0.181. The monoisotopic (exact) mass is 649 g/mol. The molecule has 1 aromatic heterocycles. The second kappa shape index (κ2) is 14.5. The van der Waals surface area contributed by atoms with Gasteiger partial charge in [0, 0.05) is 30.1 Å². The number of carbonyl (C=O) groups is 1. The predicted molar refractivity (Wildman–Crippen MR) is 167 cm³/mol. The van der Waals surface area contributed by atoms with Gasteiger partial charge in [0.2, 0.25) is 0 Å². The van der Waals surface area contributed by atoms with Crippen molar-refractivity contribution < 1.29 is 31.5 Å². The maximum Gasteiger partial charge on any atom is 0.345 e. The molecule has 0 bridgehead atoms. The summed E-state index contributed by atoms with van der Waals surface area (Å²) in [6.07, 6.45) is 3.66. The highest BCUT2D eigenvalue weighted by Crippen LogP contribution is 2.30. The fourth-order valence-corrected chi connectivity index (χ4v) is 6.26. The van der Waals surface area contributed by atoms with Crippen molar-refractivity contribution in [3.05, 3.63) is 102 Å². The van der Waals surface area contributed by atoms with Crippen LogP contribution in [0.2, 0.25) is 0 Å².